The van der Waals surface area contributed by atoms with Gasteiger partial charge in [0.2, 0.25) is 0 Å². The standard InChI is InChI=1S/C15H17FN2O/c1-10(17-3)12-6-4-7-13(16)15(12)19-14-8-5-9-18-11(14)2/h4-10,17H,1-3H3. The molecule has 1 N–H and O–H groups in total. The van der Waals surface area contributed by atoms with Crippen LogP contribution in [-0.2, 0) is 0 Å². The second kappa shape index (κ2) is 5.80. The number of pyridine rings is 1. The molecule has 1 atom stereocenters. The van der Waals surface area contributed by atoms with Gasteiger partial charge in [-0.3, -0.25) is 4.98 Å². The van der Waals surface area contributed by atoms with Crippen LogP contribution in [0.15, 0.2) is 36.5 Å². The second-order valence-electron chi connectivity index (χ2n) is 4.36. The molecule has 4 heteroatoms. The van der Waals surface area contributed by atoms with Gasteiger partial charge < -0.3 is 10.1 Å². The number of aryl methyl sites for hydroxylation is 1. The lowest BCUT2D eigenvalue weighted by Crippen LogP contribution is -2.13. The van der Waals surface area contributed by atoms with Crippen LogP contribution >= 0.6 is 0 Å². The molecule has 0 fully saturated rings. The first-order chi connectivity index (χ1) is 9.13. The Balaban J connectivity index is 2.42. The summed E-state index contributed by atoms with van der Waals surface area (Å²) in [7, 11) is 1.83. The zero-order valence-electron chi connectivity index (χ0n) is 11.3. The van der Waals surface area contributed by atoms with E-state index in [9.17, 15) is 4.39 Å². The van der Waals surface area contributed by atoms with Crippen LogP contribution in [0.4, 0.5) is 4.39 Å². The third kappa shape index (κ3) is 2.90. The molecule has 2 aromatic rings. The van der Waals surface area contributed by atoms with Gasteiger partial charge in [-0.15, -0.1) is 0 Å². The van der Waals surface area contributed by atoms with Crippen molar-refractivity contribution in [3.8, 4) is 11.5 Å². The molecule has 1 aromatic heterocycles. The lowest BCUT2D eigenvalue weighted by Gasteiger charge is -2.17. The van der Waals surface area contributed by atoms with Gasteiger partial charge in [0.25, 0.3) is 0 Å². The summed E-state index contributed by atoms with van der Waals surface area (Å²) < 4.78 is 19.7. The minimum Gasteiger partial charge on any atom is -0.452 e. The third-order valence-electron chi connectivity index (χ3n) is 3.07. The number of hydrogen-bond acceptors (Lipinski definition) is 3. The van der Waals surface area contributed by atoms with Gasteiger partial charge in [-0.1, -0.05) is 12.1 Å². The molecule has 0 aliphatic carbocycles. The van der Waals surface area contributed by atoms with Crippen molar-refractivity contribution in [2.75, 3.05) is 7.05 Å². The van der Waals surface area contributed by atoms with Crippen LogP contribution < -0.4 is 10.1 Å². The average Bonchev–Trinajstić information content (AvgIpc) is 2.42. The van der Waals surface area contributed by atoms with Gasteiger partial charge in [-0.05, 0) is 39.1 Å². The van der Waals surface area contributed by atoms with E-state index in [2.05, 4.69) is 10.3 Å². The number of nitrogens with zero attached hydrogens (tertiary/aromatic N) is 1. The number of hydrogen-bond donors (Lipinski definition) is 1. The Morgan fingerprint density at radius 1 is 1.26 bits per heavy atom. The Bertz CT molecular complexity index is 572. The summed E-state index contributed by atoms with van der Waals surface area (Å²) in [6.45, 7) is 3.79. The van der Waals surface area contributed by atoms with Crippen LogP contribution in [0.25, 0.3) is 0 Å². The Labute approximate surface area is 112 Å². The summed E-state index contributed by atoms with van der Waals surface area (Å²) in [5.74, 6) is 0.445. The quantitative estimate of drug-likeness (QED) is 0.912. The predicted octanol–water partition coefficient (Wildman–Crippen LogP) is 3.60. The summed E-state index contributed by atoms with van der Waals surface area (Å²) >= 11 is 0. The van der Waals surface area contributed by atoms with Crippen molar-refractivity contribution in [1.29, 1.82) is 0 Å². The molecule has 19 heavy (non-hydrogen) atoms. The zero-order valence-corrected chi connectivity index (χ0v) is 11.3. The highest BCUT2D eigenvalue weighted by atomic mass is 19.1. The van der Waals surface area contributed by atoms with E-state index in [1.807, 2.05) is 27.0 Å². The van der Waals surface area contributed by atoms with Gasteiger partial charge in [-0.25, -0.2) is 4.39 Å². The number of para-hydroxylation sites is 1. The van der Waals surface area contributed by atoms with Crippen molar-refractivity contribution in [1.82, 2.24) is 10.3 Å². The second-order valence-corrected chi connectivity index (χ2v) is 4.36. The number of rotatable bonds is 4. The van der Waals surface area contributed by atoms with E-state index < -0.39 is 0 Å². The van der Waals surface area contributed by atoms with Gasteiger partial charge in [0.15, 0.2) is 11.6 Å². The first-order valence-electron chi connectivity index (χ1n) is 6.18. The number of benzene rings is 1. The molecule has 1 heterocycles. The van der Waals surface area contributed by atoms with Crippen LogP contribution in [-0.4, -0.2) is 12.0 Å². The van der Waals surface area contributed by atoms with E-state index in [1.54, 1.807) is 24.4 Å². The lowest BCUT2D eigenvalue weighted by molar-refractivity contribution is 0.424. The van der Waals surface area contributed by atoms with E-state index in [1.165, 1.54) is 6.07 Å². The van der Waals surface area contributed by atoms with E-state index in [4.69, 9.17) is 4.74 Å². The fourth-order valence-electron chi connectivity index (χ4n) is 1.82. The Kier molecular flexibility index (Phi) is 4.12. The number of aromatic nitrogens is 1. The largest absolute Gasteiger partial charge is 0.452 e. The van der Waals surface area contributed by atoms with Crippen molar-refractivity contribution < 1.29 is 9.13 Å². The molecule has 0 spiro atoms. The first kappa shape index (κ1) is 13.5. The normalized spacial score (nSPS) is 12.2. The third-order valence-corrected chi connectivity index (χ3v) is 3.07. The van der Waals surface area contributed by atoms with Crippen molar-refractivity contribution in [3.63, 3.8) is 0 Å². The SMILES string of the molecule is CNC(C)c1cccc(F)c1Oc1cccnc1C. The molecular weight excluding hydrogens is 243 g/mol. The molecule has 0 aliphatic heterocycles. The molecule has 0 aliphatic rings. The Hall–Kier alpha value is -1.94. The molecule has 0 radical (unpaired) electrons. The highest BCUT2D eigenvalue weighted by molar-refractivity contribution is 5.41. The van der Waals surface area contributed by atoms with E-state index in [0.717, 1.165) is 11.3 Å². The van der Waals surface area contributed by atoms with Crippen LogP contribution in [0.3, 0.4) is 0 Å². The first-order valence-corrected chi connectivity index (χ1v) is 6.18. The number of ether oxygens (including phenoxy) is 1. The van der Waals surface area contributed by atoms with Gasteiger partial charge in [0.05, 0.1) is 5.69 Å². The van der Waals surface area contributed by atoms with Crippen LogP contribution in [0, 0.1) is 12.7 Å². The summed E-state index contributed by atoms with van der Waals surface area (Å²) in [6, 6.07) is 8.48. The monoisotopic (exact) mass is 260 g/mol. The molecule has 3 nitrogen and oxygen atoms in total. The van der Waals surface area contributed by atoms with E-state index in [0.29, 0.717) is 5.75 Å². The lowest BCUT2D eigenvalue weighted by atomic mass is 10.1. The fourth-order valence-corrected chi connectivity index (χ4v) is 1.82. The highest BCUT2D eigenvalue weighted by Gasteiger charge is 2.16. The molecule has 0 saturated carbocycles. The molecule has 0 saturated heterocycles. The number of nitrogens with one attached hydrogen (secondary N) is 1. The molecular formula is C15H17FN2O. The van der Waals surface area contributed by atoms with Gasteiger partial charge in [0, 0.05) is 17.8 Å². The molecule has 100 valence electrons. The molecule has 0 bridgehead atoms. The average molecular weight is 260 g/mol. The predicted molar refractivity (Wildman–Crippen MR) is 72.9 cm³/mol. The van der Waals surface area contributed by atoms with Crippen molar-refractivity contribution in [3.05, 3.63) is 53.6 Å². The van der Waals surface area contributed by atoms with Crippen molar-refractivity contribution >= 4 is 0 Å². The maximum atomic E-state index is 14.0. The fraction of sp³-hybridized carbons (Fsp3) is 0.267. The molecule has 2 rings (SSSR count). The van der Waals surface area contributed by atoms with E-state index >= 15 is 0 Å². The summed E-state index contributed by atoms with van der Waals surface area (Å²) in [5.41, 5.74) is 1.51. The topological polar surface area (TPSA) is 34.1 Å². The van der Waals surface area contributed by atoms with Crippen LogP contribution in [0.1, 0.15) is 24.2 Å². The Morgan fingerprint density at radius 2 is 2.05 bits per heavy atom. The summed E-state index contributed by atoms with van der Waals surface area (Å²) in [4.78, 5) is 4.14. The van der Waals surface area contributed by atoms with Crippen molar-refractivity contribution in [2.45, 2.75) is 19.9 Å². The van der Waals surface area contributed by atoms with Crippen molar-refractivity contribution in [2.24, 2.45) is 0 Å². The minimum absolute atomic E-state index is 0.00248. The smallest absolute Gasteiger partial charge is 0.167 e. The van der Waals surface area contributed by atoms with E-state index in [-0.39, 0.29) is 17.6 Å². The molecule has 1 unspecified atom stereocenters. The maximum Gasteiger partial charge on any atom is 0.167 e. The van der Waals surface area contributed by atoms with Gasteiger partial charge >= 0.3 is 0 Å². The van der Waals surface area contributed by atoms with Gasteiger partial charge in [0.1, 0.15) is 5.75 Å². The summed E-state index contributed by atoms with van der Waals surface area (Å²) in [6.07, 6.45) is 1.68. The zero-order chi connectivity index (χ0) is 13.8. The van der Waals surface area contributed by atoms with Crippen LogP contribution in [0.5, 0.6) is 11.5 Å². The number of halogens is 1. The highest BCUT2D eigenvalue weighted by Crippen LogP contribution is 2.32. The van der Waals surface area contributed by atoms with Crippen LogP contribution in [0.2, 0.25) is 0 Å². The molecule has 0 amide bonds. The van der Waals surface area contributed by atoms with Gasteiger partial charge in [-0.2, -0.15) is 0 Å². The minimum atomic E-state index is -0.372. The maximum absolute atomic E-state index is 14.0. The Morgan fingerprint density at radius 3 is 2.74 bits per heavy atom. The molecule has 1 aromatic carbocycles. The summed E-state index contributed by atoms with van der Waals surface area (Å²) in [5, 5.41) is 3.09.